The second kappa shape index (κ2) is 14.0. The Labute approximate surface area is 219 Å². The fraction of sp³-hybridized carbons (Fsp3) is 0.692. The third-order valence-electron chi connectivity index (χ3n) is 7.16. The molecule has 0 saturated carbocycles. The second-order valence-corrected chi connectivity index (χ2v) is 10.2. The number of hydrogen-bond donors (Lipinski definition) is 2. The SMILES string of the molecule is CCCCOC(=O)CN1CCC(CN2CC[C@H](NC(=O)c3cc(Cl)c(N)cc3OC)[C@H](OC)C2)CC1. The van der Waals surface area contributed by atoms with Gasteiger partial charge in [-0.15, -0.1) is 0 Å². The number of unbranched alkanes of at least 4 members (excludes halogenated alkanes) is 1. The van der Waals surface area contributed by atoms with Crippen molar-refractivity contribution in [2.45, 2.75) is 51.2 Å². The number of amides is 1. The maximum Gasteiger partial charge on any atom is 0.320 e. The van der Waals surface area contributed by atoms with Gasteiger partial charge >= 0.3 is 5.97 Å². The van der Waals surface area contributed by atoms with Crippen molar-refractivity contribution in [3.05, 3.63) is 22.7 Å². The summed E-state index contributed by atoms with van der Waals surface area (Å²) in [5.41, 5.74) is 6.57. The lowest BCUT2D eigenvalue weighted by Crippen LogP contribution is -2.55. The van der Waals surface area contributed by atoms with Gasteiger partial charge in [-0.1, -0.05) is 24.9 Å². The van der Waals surface area contributed by atoms with E-state index >= 15 is 0 Å². The molecule has 3 rings (SSSR count). The summed E-state index contributed by atoms with van der Waals surface area (Å²) in [5.74, 6) is 0.603. The molecule has 3 N–H and O–H groups in total. The number of rotatable bonds is 11. The van der Waals surface area contributed by atoms with E-state index in [1.807, 2.05) is 0 Å². The highest BCUT2D eigenvalue weighted by Crippen LogP contribution is 2.29. The molecule has 9 nitrogen and oxygen atoms in total. The zero-order valence-electron chi connectivity index (χ0n) is 21.8. The van der Waals surface area contributed by atoms with Crippen LogP contribution in [0, 0.1) is 5.92 Å². The average Bonchev–Trinajstić information content (AvgIpc) is 2.87. The zero-order valence-corrected chi connectivity index (χ0v) is 22.5. The number of likely N-dealkylation sites (tertiary alicyclic amines) is 2. The van der Waals surface area contributed by atoms with Crippen molar-refractivity contribution in [1.82, 2.24) is 15.1 Å². The third-order valence-corrected chi connectivity index (χ3v) is 7.49. The van der Waals surface area contributed by atoms with Gasteiger partial charge in [0.25, 0.3) is 5.91 Å². The van der Waals surface area contributed by atoms with E-state index in [2.05, 4.69) is 22.0 Å². The number of ether oxygens (including phenoxy) is 3. The summed E-state index contributed by atoms with van der Waals surface area (Å²) in [6.07, 6.45) is 4.75. The Balaban J connectivity index is 1.45. The number of piperidine rings is 2. The van der Waals surface area contributed by atoms with E-state index in [1.54, 1.807) is 19.2 Å². The quantitative estimate of drug-likeness (QED) is 0.258. The second-order valence-electron chi connectivity index (χ2n) is 9.77. The minimum absolute atomic E-state index is 0.111. The summed E-state index contributed by atoms with van der Waals surface area (Å²) in [7, 11) is 3.19. The average molecular weight is 525 g/mol. The molecule has 2 atom stereocenters. The van der Waals surface area contributed by atoms with E-state index in [1.165, 1.54) is 7.11 Å². The number of esters is 1. The molecule has 0 radical (unpaired) electrons. The van der Waals surface area contributed by atoms with Gasteiger partial charge in [-0.2, -0.15) is 0 Å². The van der Waals surface area contributed by atoms with Gasteiger partial charge in [0.2, 0.25) is 0 Å². The Bertz CT molecular complexity index is 878. The van der Waals surface area contributed by atoms with Gasteiger partial charge < -0.3 is 30.2 Å². The highest BCUT2D eigenvalue weighted by Gasteiger charge is 2.33. The van der Waals surface area contributed by atoms with Gasteiger partial charge in [-0.05, 0) is 50.8 Å². The van der Waals surface area contributed by atoms with E-state index in [4.69, 9.17) is 31.5 Å². The van der Waals surface area contributed by atoms with Crippen molar-refractivity contribution >= 4 is 29.2 Å². The Kier molecular flexibility index (Phi) is 11.1. The summed E-state index contributed by atoms with van der Waals surface area (Å²) in [4.78, 5) is 29.6. The highest BCUT2D eigenvalue weighted by molar-refractivity contribution is 6.33. The van der Waals surface area contributed by atoms with Gasteiger partial charge in [-0.25, -0.2) is 0 Å². The number of nitrogens with zero attached hydrogens (tertiary/aromatic N) is 2. The van der Waals surface area contributed by atoms with E-state index in [0.717, 1.165) is 64.8 Å². The number of methoxy groups -OCH3 is 2. The fourth-order valence-electron chi connectivity index (χ4n) is 4.96. The molecule has 2 aliphatic heterocycles. The third kappa shape index (κ3) is 7.96. The Morgan fingerprint density at radius 3 is 2.53 bits per heavy atom. The number of anilines is 1. The van der Waals surface area contributed by atoms with Crippen LogP contribution in [0.5, 0.6) is 5.75 Å². The first kappa shape index (κ1) is 28.5. The van der Waals surface area contributed by atoms with E-state index < -0.39 is 0 Å². The van der Waals surface area contributed by atoms with Crippen molar-refractivity contribution in [2.75, 3.05) is 65.8 Å². The summed E-state index contributed by atoms with van der Waals surface area (Å²) in [6, 6.07) is 2.99. The number of nitrogens with one attached hydrogen (secondary N) is 1. The maximum absolute atomic E-state index is 13.0. The Hall–Kier alpha value is -2.07. The Morgan fingerprint density at radius 2 is 1.86 bits per heavy atom. The molecule has 1 aromatic carbocycles. The molecule has 0 aliphatic carbocycles. The van der Waals surface area contributed by atoms with Crippen molar-refractivity contribution in [2.24, 2.45) is 5.92 Å². The summed E-state index contributed by atoms with van der Waals surface area (Å²) < 4.78 is 16.4. The number of nitrogens with two attached hydrogens (primary N) is 1. The molecule has 0 aromatic heterocycles. The predicted molar refractivity (Wildman–Crippen MR) is 141 cm³/mol. The molecule has 2 heterocycles. The van der Waals surface area contributed by atoms with Gasteiger partial charge in [-0.3, -0.25) is 14.5 Å². The van der Waals surface area contributed by atoms with Crippen LogP contribution in [0.25, 0.3) is 0 Å². The van der Waals surface area contributed by atoms with Crippen LogP contribution in [0.2, 0.25) is 5.02 Å². The first-order chi connectivity index (χ1) is 17.3. The van der Waals surface area contributed by atoms with Crippen molar-refractivity contribution in [3.63, 3.8) is 0 Å². The molecule has 2 fully saturated rings. The zero-order chi connectivity index (χ0) is 26.1. The van der Waals surface area contributed by atoms with Crippen LogP contribution in [0.15, 0.2) is 12.1 Å². The lowest BCUT2D eigenvalue weighted by Gasteiger charge is -2.41. The van der Waals surface area contributed by atoms with Gasteiger partial charge in [0.1, 0.15) is 5.75 Å². The molecule has 0 unspecified atom stereocenters. The van der Waals surface area contributed by atoms with E-state index in [0.29, 0.717) is 41.1 Å². The molecule has 0 bridgehead atoms. The number of nitrogen functional groups attached to an aromatic ring is 1. The number of benzene rings is 1. The lowest BCUT2D eigenvalue weighted by molar-refractivity contribution is -0.145. The number of carbonyl (C=O) groups is 2. The standard InChI is InChI=1S/C26H41ClN4O5/c1-4-5-12-36-25(32)17-30-9-6-18(7-10-30)15-31-11-8-22(24(16-31)35-3)29-26(33)19-13-20(27)21(28)14-23(19)34-2/h13-14,18,22,24H,4-12,15-17,28H2,1-3H3,(H,29,33)/t22-,24+/m0/s1. The van der Waals surface area contributed by atoms with Gasteiger partial charge in [0.05, 0.1) is 48.7 Å². The molecule has 2 aliphatic rings. The number of halogens is 1. The minimum atomic E-state index is -0.255. The molecular formula is C26H41ClN4O5. The first-order valence-electron chi connectivity index (χ1n) is 12.9. The summed E-state index contributed by atoms with van der Waals surface area (Å²) >= 11 is 6.14. The molecule has 1 amide bonds. The molecule has 36 heavy (non-hydrogen) atoms. The van der Waals surface area contributed by atoms with Crippen LogP contribution in [-0.4, -0.2) is 93.9 Å². The normalized spacial score (nSPS) is 21.8. The minimum Gasteiger partial charge on any atom is -0.496 e. The number of carbonyl (C=O) groups excluding carboxylic acids is 2. The van der Waals surface area contributed by atoms with E-state index in [-0.39, 0.29) is 24.0 Å². The van der Waals surface area contributed by atoms with Crippen LogP contribution in [-0.2, 0) is 14.3 Å². The summed E-state index contributed by atoms with van der Waals surface area (Å²) in [6.45, 7) is 7.46. The molecule has 2 saturated heterocycles. The highest BCUT2D eigenvalue weighted by atomic mass is 35.5. The molecule has 1 aromatic rings. The van der Waals surface area contributed by atoms with Crippen LogP contribution >= 0.6 is 11.6 Å². The molecule has 0 spiro atoms. The smallest absolute Gasteiger partial charge is 0.320 e. The van der Waals surface area contributed by atoms with Gasteiger partial charge in [0, 0.05) is 32.8 Å². The van der Waals surface area contributed by atoms with Crippen LogP contribution < -0.4 is 15.8 Å². The summed E-state index contributed by atoms with van der Waals surface area (Å²) in [5, 5.41) is 3.42. The van der Waals surface area contributed by atoms with Gasteiger partial charge in [0.15, 0.2) is 0 Å². The van der Waals surface area contributed by atoms with Crippen LogP contribution in [0.1, 0.15) is 49.4 Å². The topological polar surface area (TPSA) is 106 Å². The lowest BCUT2D eigenvalue weighted by atomic mass is 9.94. The fourth-order valence-corrected chi connectivity index (χ4v) is 5.13. The molecule has 202 valence electrons. The first-order valence-corrected chi connectivity index (χ1v) is 13.3. The Morgan fingerprint density at radius 1 is 1.14 bits per heavy atom. The molecule has 10 heteroatoms. The largest absolute Gasteiger partial charge is 0.496 e. The van der Waals surface area contributed by atoms with E-state index in [9.17, 15) is 9.59 Å². The monoisotopic (exact) mass is 524 g/mol. The van der Waals surface area contributed by atoms with Crippen molar-refractivity contribution < 1.29 is 23.8 Å². The maximum atomic E-state index is 13.0. The number of hydrogen-bond acceptors (Lipinski definition) is 8. The van der Waals surface area contributed by atoms with Crippen molar-refractivity contribution in [3.8, 4) is 5.75 Å². The van der Waals surface area contributed by atoms with Crippen LogP contribution in [0.3, 0.4) is 0 Å². The predicted octanol–water partition coefficient (Wildman–Crippen LogP) is 2.81. The molecular weight excluding hydrogens is 484 g/mol. The van der Waals surface area contributed by atoms with Crippen molar-refractivity contribution in [1.29, 1.82) is 0 Å². The van der Waals surface area contributed by atoms with Crippen LogP contribution in [0.4, 0.5) is 5.69 Å².